The fourth-order valence-electron chi connectivity index (χ4n) is 3.09. The van der Waals surface area contributed by atoms with E-state index in [9.17, 15) is 4.79 Å². The van der Waals surface area contributed by atoms with Gasteiger partial charge in [-0.15, -0.1) is 0 Å². The molecule has 0 spiro atoms. The van der Waals surface area contributed by atoms with E-state index in [1.54, 1.807) is 0 Å². The summed E-state index contributed by atoms with van der Waals surface area (Å²) in [5.74, 6) is -0.0242. The maximum atomic E-state index is 13.1. The molecule has 1 atom stereocenters. The van der Waals surface area contributed by atoms with E-state index in [1.165, 1.54) is 0 Å². The zero-order valence-corrected chi connectivity index (χ0v) is 13.7. The van der Waals surface area contributed by atoms with E-state index in [1.807, 2.05) is 89.8 Å². The molecule has 0 saturated carbocycles. The van der Waals surface area contributed by atoms with Gasteiger partial charge in [0.05, 0.1) is 6.04 Å². The second-order valence-electron chi connectivity index (χ2n) is 5.94. The fraction of sp³-hybridized carbons (Fsp3) is 0.0455. The Morgan fingerprint density at radius 1 is 0.720 bits per heavy atom. The first-order valence-electron chi connectivity index (χ1n) is 8.30. The highest BCUT2D eigenvalue weighted by Crippen LogP contribution is 2.35. The Morgan fingerprint density at radius 2 is 1.28 bits per heavy atom. The summed E-state index contributed by atoms with van der Waals surface area (Å²) in [4.78, 5) is 14.9. The number of carbonyl (C=O) groups excluding carboxylic acids is 1. The number of carbonyl (C=O) groups is 1. The van der Waals surface area contributed by atoms with E-state index in [-0.39, 0.29) is 11.9 Å². The van der Waals surface area contributed by atoms with Crippen molar-refractivity contribution in [2.45, 2.75) is 6.04 Å². The Labute approximate surface area is 147 Å². The first-order valence-corrected chi connectivity index (χ1v) is 8.30. The van der Waals surface area contributed by atoms with Crippen LogP contribution in [0.5, 0.6) is 0 Å². The molecule has 0 bridgehead atoms. The van der Waals surface area contributed by atoms with Crippen molar-refractivity contribution in [1.82, 2.24) is 0 Å². The molecule has 0 fully saturated rings. The van der Waals surface area contributed by atoms with Crippen LogP contribution in [0, 0.1) is 0 Å². The molecule has 0 aromatic heterocycles. The van der Waals surface area contributed by atoms with Crippen LogP contribution in [0.25, 0.3) is 0 Å². The number of anilines is 2. The van der Waals surface area contributed by atoms with E-state index in [2.05, 4.69) is 17.4 Å². The monoisotopic (exact) mass is 326 g/mol. The number of nitrogens with zero attached hydrogens (tertiary/aromatic N) is 1. The molecule has 1 N–H and O–H groups in total. The molecule has 4 rings (SSSR count). The normalized spacial score (nSPS) is 16.6. The predicted molar refractivity (Wildman–Crippen MR) is 101 cm³/mol. The third-order valence-electron chi connectivity index (χ3n) is 4.28. The van der Waals surface area contributed by atoms with Crippen molar-refractivity contribution in [3.63, 3.8) is 0 Å². The Morgan fingerprint density at radius 3 is 1.92 bits per heavy atom. The van der Waals surface area contributed by atoms with Gasteiger partial charge in [0.2, 0.25) is 0 Å². The number of rotatable bonds is 4. The van der Waals surface area contributed by atoms with E-state index >= 15 is 0 Å². The summed E-state index contributed by atoms with van der Waals surface area (Å²) in [6.45, 7) is 0. The van der Waals surface area contributed by atoms with Gasteiger partial charge in [-0.3, -0.25) is 9.69 Å². The third kappa shape index (κ3) is 3.04. The van der Waals surface area contributed by atoms with Crippen LogP contribution in [0.3, 0.4) is 0 Å². The summed E-state index contributed by atoms with van der Waals surface area (Å²) in [5.41, 5.74) is 3.49. The number of hydrogen-bond donors (Lipinski definition) is 1. The van der Waals surface area contributed by atoms with E-state index < -0.39 is 0 Å². The summed E-state index contributed by atoms with van der Waals surface area (Å²) >= 11 is 0. The summed E-state index contributed by atoms with van der Waals surface area (Å²) in [6.07, 6.45) is 2.00. The fourth-order valence-corrected chi connectivity index (χ4v) is 3.09. The second kappa shape index (κ2) is 6.65. The highest BCUT2D eigenvalue weighted by Gasteiger charge is 2.34. The largest absolute Gasteiger partial charge is 0.351 e. The topological polar surface area (TPSA) is 32.3 Å². The molecule has 1 aliphatic rings. The van der Waals surface area contributed by atoms with Crippen LogP contribution in [-0.2, 0) is 4.79 Å². The van der Waals surface area contributed by atoms with Crippen molar-refractivity contribution in [2.24, 2.45) is 0 Å². The average molecular weight is 326 g/mol. The van der Waals surface area contributed by atoms with Crippen LogP contribution >= 0.6 is 0 Å². The minimum atomic E-state index is -0.123. The number of hydrogen-bond acceptors (Lipinski definition) is 2. The van der Waals surface area contributed by atoms with Crippen molar-refractivity contribution in [3.8, 4) is 0 Å². The lowest BCUT2D eigenvalue weighted by molar-refractivity contribution is -0.114. The molecule has 0 aliphatic carbocycles. The Balaban J connectivity index is 1.73. The minimum absolute atomic E-state index is 0.0242. The molecule has 0 unspecified atom stereocenters. The van der Waals surface area contributed by atoms with Gasteiger partial charge in [0.1, 0.15) is 5.70 Å². The van der Waals surface area contributed by atoms with Gasteiger partial charge in [-0.1, -0.05) is 66.7 Å². The Kier molecular flexibility index (Phi) is 4.05. The van der Waals surface area contributed by atoms with Crippen LogP contribution in [-0.4, -0.2) is 5.91 Å². The zero-order valence-electron chi connectivity index (χ0n) is 13.7. The lowest BCUT2D eigenvalue weighted by Gasteiger charge is -2.25. The first kappa shape index (κ1) is 15.2. The van der Waals surface area contributed by atoms with E-state index in [4.69, 9.17) is 0 Å². The molecule has 3 heteroatoms. The highest BCUT2D eigenvalue weighted by atomic mass is 16.2. The molecular weight excluding hydrogens is 308 g/mol. The van der Waals surface area contributed by atoms with Crippen molar-refractivity contribution in [1.29, 1.82) is 0 Å². The highest BCUT2D eigenvalue weighted by molar-refractivity contribution is 6.10. The molecule has 1 heterocycles. The van der Waals surface area contributed by atoms with E-state index in [0.717, 1.165) is 16.9 Å². The van der Waals surface area contributed by atoms with Crippen LogP contribution in [0.4, 0.5) is 11.4 Å². The van der Waals surface area contributed by atoms with Crippen molar-refractivity contribution in [2.75, 3.05) is 10.2 Å². The van der Waals surface area contributed by atoms with Gasteiger partial charge in [-0.25, -0.2) is 0 Å². The second-order valence-corrected chi connectivity index (χ2v) is 5.94. The van der Waals surface area contributed by atoms with Crippen LogP contribution in [0.2, 0.25) is 0 Å². The third-order valence-corrected chi connectivity index (χ3v) is 4.28. The minimum Gasteiger partial charge on any atom is -0.351 e. The summed E-state index contributed by atoms with van der Waals surface area (Å²) in [6, 6.07) is 29.5. The van der Waals surface area contributed by atoms with Crippen molar-refractivity contribution in [3.05, 3.63) is 108 Å². The zero-order chi connectivity index (χ0) is 17.1. The summed E-state index contributed by atoms with van der Waals surface area (Å²) in [7, 11) is 0. The van der Waals surface area contributed by atoms with Crippen LogP contribution in [0.15, 0.2) is 103 Å². The average Bonchev–Trinajstić information content (AvgIpc) is 3.00. The van der Waals surface area contributed by atoms with Crippen LogP contribution < -0.4 is 10.2 Å². The van der Waals surface area contributed by atoms with Gasteiger partial charge < -0.3 is 5.32 Å². The molecular formula is C22H18N2O. The maximum absolute atomic E-state index is 13.1. The van der Waals surface area contributed by atoms with E-state index in [0.29, 0.717) is 5.70 Å². The van der Waals surface area contributed by atoms with Gasteiger partial charge in [-0.2, -0.15) is 0 Å². The van der Waals surface area contributed by atoms with Crippen LogP contribution in [0.1, 0.15) is 11.6 Å². The standard InChI is InChI=1S/C22H18N2O/c25-22-20(23-18-12-6-2-7-13-18)16-21(17-10-4-1-5-11-17)24(22)19-14-8-3-9-15-19/h1-16,21,23H/t21-/m0/s1. The quantitative estimate of drug-likeness (QED) is 0.749. The van der Waals surface area contributed by atoms with Gasteiger partial charge in [0, 0.05) is 11.4 Å². The molecule has 1 aliphatic heterocycles. The maximum Gasteiger partial charge on any atom is 0.275 e. The SMILES string of the molecule is O=C1C(Nc2ccccc2)=C[C@@H](c2ccccc2)N1c1ccccc1. The number of para-hydroxylation sites is 2. The Hall–Kier alpha value is -3.33. The van der Waals surface area contributed by atoms with Gasteiger partial charge in [0.15, 0.2) is 0 Å². The smallest absolute Gasteiger partial charge is 0.275 e. The number of nitrogens with one attached hydrogen (secondary N) is 1. The van der Waals surface area contributed by atoms with Crippen molar-refractivity contribution >= 4 is 17.3 Å². The lowest BCUT2D eigenvalue weighted by atomic mass is 10.1. The molecule has 0 radical (unpaired) electrons. The Bertz CT molecular complexity index is 889. The summed E-state index contributed by atoms with van der Waals surface area (Å²) < 4.78 is 0. The number of amides is 1. The molecule has 25 heavy (non-hydrogen) atoms. The number of benzene rings is 3. The van der Waals surface area contributed by atoms with Gasteiger partial charge >= 0.3 is 0 Å². The molecule has 3 aromatic carbocycles. The molecule has 122 valence electrons. The lowest BCUT2D eigenvalue weighted by Crippen LogP contribution is -2.30. The molecule has 0 saturated heterocycles. The molecule has 3 aromatic rings. The van der Waals surface area contributed by atoms with Crippen molar-refractivity contribution < 1.29 is 4.79 Å². The first-order chi connectivity index (χ1) is 12.3. The van der Waals surface area contributed by atoms with Gasteiger partial charge in [0.25, 0.3) is 5.91 Å². The molecule has 3 nitrogen and oxygen atoms in total. The predicted octanol–water partition coefficient (Wildman–Crippen LogP) is 4.77. The summed E-state index contributed by atoms with van der Waals surface area (Å²) in [5, 5.41) is 3.26. The molecule has 1 amide bonds. The van der Waals surface area contributed by atoms with Gasteiger partial charge in [-0.05, 0) is 35.9 Å².